The highest BCUT2D eigenvalue weighted by atomic mass is 15.0. The van der Waals surface area contributed by atoms with Crippen LogP contribution in [0.2, 0.25) is 0 Å². The fourth-order valence-corrected chi connectivity index (χ4v) is 5.44. The van der Waals surface area contributed by atoms with E-state index in [-0.39, 0.29) is 0 Å². The number of hydrogen-bond acceptors (Lipinski definition) is 4. The second kappa shape index (κ2) is 9.50. The van der Waals surface area contributed by atoms with Crippen LogP contribution in [0.25, 0.3) is 72.7 Å². The molecule has 0 aliphatic heterocycles. The Labute approximate surface area is 236 Å². The van der Waals surface area contributed by atoms with Crippen LogP contribution in [0.15, 0.2) is 140 Å². The van der Waals surface area contributed by atoms with Crippen LogP contribution < -0.4 is 0 Å². The van der Waals surface area contributed by atoms with Gasteiger partial charge in [0.15, 0.2) is 17.5 Å². The van der Waals surface area contributed by atoms with Crippen molar-refractivity contribution in [2.75, 3.05) is 0 Å². The van der Waals surface area contributed by atoms with Crippen LogP contribution >= 0.6 is 0 Å². The Kier molecular flexibility index (Phi) is 5.38. The summed E-state index contributed by atoms with van der Waals surface area (Å²) in [7, 11) is 0. The maximum absolute atomic E-state index is 4.94. The molecule has 8 rings (SSSR count). The highest BCUT2D eigenvalue weighted by Gasteiger charge is 2.15. The van der Waals surface area contributed by atoms with E-state index < -0.39 is 0 Å². The van der Waals surface area contributed by atoms with Crippen LogP contribution in [0.1, 0.15) is 0 Å². The minimum atomic E-state index is 0.644. The normalized spacial score (nSPS) is 11.4. The molecule has 0 bridgehead atoms. The SMILES string of the molecule is c1ccc(-c2nc(-c3ccccc3)nc(-c3ccc(-c4cn5c6ccccc6nc5c5ccccc45)cc3)n2)cc1. The maximum atomic E-state index is 4.94. The van der Waals surface area contributed by atoms with E-state index in [9.17, 15) is 0 Å². The lowest BCUT2D eigenvalue weighted by Crippen LogP contribution is -2.00. The van der Waals surface area contributed by atoms with Crippen molar-refractivity contribution < 1.29 is 0 Å². The predicted octanol–water partition coefficient (Wildman–Crippen LogP) is 8.49. The molecule has 192 valence electrons. The van der Waals surface area contributed by atoms with Crippen LogP contribution in [0.4, 0.5) is 0 Å². The van der Waals surface area contributed by atoms with Crippen molar-refractivity contribution in [3.05, 3.63) is 140 Å². The molecule has 0 N–H and O–H groups in total. The first-order chi connectivity index (χ1) is 20.3. The van der Waals surface area contributed by atoms with Crippen molar-refractivity contribution in [3.8, 4) is 45.3 Å². The second-order valence-electron chi connectivity index (χ2n) is 10.00. The second-order valence-corrected chi connectivity index (χ2v) is 10.00. The first kappa shape index (κ1) is 23.2. The topological polar surface area (TPSA) is 56.0 Å². The highest BCUT2D eigenvalue weighted by molar-refractivity contribution is 6.05. The summed E-state index contributed by atoms with van der Waals surface area (Å²) in [4.78, 5) is 19.5. The smallest absolute Gasteiger partial charge is 0.164 e. The van der Waals surface area contributed by atoms with Gasteiger partial charge in [-0.1, -0.05) is 121 Å². The summed E-state index contributed by atoms with van der Waals surface area (Å²) in [6.07, 6.45) is 2.20. The first-order valence-electron chi connectivity index (χ1n) is 13.6. The van der Waals surface area contributed by atoms with Crippen molar-refractivity contribution in [3.63, 3.8) is 0 Å². The minimum absolute atomic E-state index is 0.644. The molecular weight excluding hydrogens is 502 g/mol. The minimum Gasteiger partial charge on any atom is -0.298 e. The summed E-state index contributed by atoms with van der Waals surface area (Å²) in [5.74, 6) is 1.95. The summed E-state index contributed by atoms with van der Waals surface area (Å²) in [5.41, 5.74) is 8.16. The van der Waals surface area contributed by atoms with Gasteiger partial charge >= 0.3 is 0 Å². The molecule has 41 heavy (non-hydrogen) atoms. The zero-order valence-electron chi connectivity index (χ0n) is 22.0. The first-order valence-corrected chi connectivity index (χ1v) is 13.6. The molecule has 5 nitrogen and oxygen atoms in total. The van der Waals surface area contributed by atoms with E-state index in [2.05, 4.69) is 77.3 Å². The Morgan fingerprint density at radius 1 is 0.390 bits per heavy atom. The lowest BCUT2D eigenvalue weighted by atomic mass is 9.99. The third-order valence-corrected chi connectivity index (χ3v) is 7.47. The third kappa shape index (κ3) is 4.03. The summed E-state index contributed by atoms with van der Waals surface area (Å²) in [5, 5.41) is 2.30. The number of fused-ring (bicyclic) bond motifs is 5. The number of benzene rings is 5. The van der Waals surface area contributed by atoms with Gasteiger partial charge in [-0.25, -0.2) is 19.9 Å². The molecule has 0 aliphatic rings. The molecule has 8 aromatic rings. The average molecular weight is 526 g/mol. The summed E-state index contributed by atoms with van der Waals surface area (Å²) in [6.45, 7) is 0. The monoisotopic (exact) mass is 525 g/mol. The van der Waals surface area contributed by atoms with Crippen molar-refractivity contribution in [2.24, 2.45) is 0 Å². The van der Waals surface area contributed by atoms with Gasteiger partial charge in [0.25, 0.3) is 0 Å². The Morgan fingerprint density at radius 2 is 0.878 bits per heavy atom. The van der Waals surface area contributed by atoms with Gasteiger partial charge in [0.1, 0.15) is 5.65 Å². The van der Waals surface area contributed by atoms with E-state index in [4.69, 9.17) is 19.9 Å². The van der Waals surface area contributed by atoms with E-state index in [1.807, 2.05) is 66.7 Å². The lowest BCUT2D eigenvalue weighted by Gasteiger charge is -2.11. The molecule has 0 unspecified atom stereocenters. The van der Waals surface area contributed by atoms with Crippen LogP contribution in [0, 0.1) is 0 Å². The van der Waals surface area contributed by atoms with E-state index in [1.54, 1.807) is 0 Å². The molecule has 5 aromatic carbocycles. The van der Waals surface area contributed by atoms with Crippen molar-refractivity contribution in [1.29, 1.82) is 0 Å². The van der Waals surface area contributed by atoms with Crippen LogP contribution in [0.5, 0.6) is 0 Å². The average Bonchev–Trinajstić information content (AvgIpc) is 3.44. The fourth-order valence-electron chi connectivity index (χ4n) is 5.44. The van der Waals surface area contributed by atoms with E-state index in [1.165, 1.54) is 5.39 Å². The lowest BCUT2D eigenvalue weighted by molar-refractivity contribution is 1.07. The zero-order chi connectivity index (χ0) is 27.2. The summed E-state index contributed by atoms with van der Waals surface area (Å²) < 4.78 is 2.20. The molecule has 0 aliphatic carbocycles. The molecule has 0 amide bonds. The summed E-state index contributed by atoms with van der Waals surface area (Å²) >= 11 is 0. The molecule has 0 spiro atoms. The van der Waals surface area contributed by atoms with E-state index in [0.717, 1.165) is 49.9 Å². The van der Waals surface area contributed by atoms with Gasteiger partial charge in [-0.3, -0.25) is 4.40 Å². The highest BCUT2D eigenvalue weighted by Crippen LogP contribution is 2.34. The molecule has 0 fully saturated rings. The van der Waals surface area contributed by atoms with Crippen LogP contribution in [-0.4, -0.2) is 24.3 Å². The van der Waals surface area contributed by atoms with E-state index >= 15 is 0 Å². The molecule has 0 saturated carbocycles. The quantitative estimate of drug-likeness (QED) is 0.231. The van der Waals surface area contributed by atoms with Crippen molar-refractivity contribution in [1.82, 2.24) is 24.3 Å². The molecule has 3 heterocycles. The number of aromatic nitrogens is 5. The molecule has 0 saturated heterocycles. The number of nitrogens with zero attached hydrogens (tertiary/aromatic N) is 5. The number of imidazole rings is 1. The van der Waals surface area contributed by atoms with Gasteiger partial charge < -0.3 is 0 Å². The maximum Gasteiger partial charge on any atom is 0.164 e. The number of para-hydroxylation sites is 2. The van der Waals surface area contributed by atoms with Crippen LogP contribution in [-0.2, 0) is 0 Å². The Balaban J connectivity index is 1.27. The number of pyridine rings is 1. The van der Waals surface area contributed by atoms with Gasteiger partial charge in [-0.05, 0) is 23.1 Å². The Hall–Kier alpha value is -5.68. The molecule has 0 atom stereocenters. The van der Waals surface area contributed by atoms with E-state index in [0.29, 0.717) is 17.5 Å². The van der Waals surface area contributed by atoms with Gasteiger partial charge in [0, 0.05) is 33.8 Å². The number of rotatable bonds is 4. The van der Waals surface area contributed by atoms with Crippen molar-refractivity contribution in [2.45, 2.75) is 0 Å². The van der Waals surface area contributed by atoms with Gasteiger partial charge in [-0.15, -0.1) is 0 Å². The Bertz CT molecular complexity index is 2130. The van der Waals surface area contributed by atoms with Crippen LogP contribution in [0.3, 0.4) is 0 Å². The zero-order valence-corrected chi connectivity index (χ0v) is 22.0. The predicted molar refractivity (Wildman–Crippen MR) is 165 cm³/mol. The van der Waals surface area contributed by atoms with Gasteiger partial charge in [-0.2, -0.15) is 0 Å². The fraction of sp³-hybridized carbons (Fsp3) is 0. The third-order valence-electron chi connectivity index (χ3n) is 7.47. The molecular formula is C36H23N5. The van der Waals surface area contributed by atoms with Gasteiger partial charge in [0.2, 0.25) is 0 Å². The number of hydrogen-bond donors (Lipinski definition) is 0. The van der Waals surface area contributed by atoms with Crippen molar-refractivity contribution >= 4 is 27.5 Å². The largest absolute Gasteiger partial charge is 0.298 e. The summed E-state index contributed by atoms with van der Waals surface area (Å²) in [6, 6.07) is 45.3. The van der Waals surface area contributed by atoms with Gasteiger partial charge in [0.05, 0.1) is 11.0 Å². The molecule has 5 heteroatoms. The standard InChI is InChI=1S/C36H23N5/c1-3-11-25(12-4-1)33-38-34(26-13-5-2-6-14-26)40-35(39-33)27-21-19-24(20-22-27)30-23-41-32-18-10-9-17-31(32)37-36(41)29-16-8-7-15-28(29)30/h1-23H. The Morgan fingerprint density at radius 3 is 1.51 bits per heavy atom. The molecule has 3 aromatic heterocycles. The molecule has 0 radical (unpaired) electrons.